The van der Waals surface area contributed by atoms with Gasteiger partial charge in [0.1, 0.15) is 34.8 Å². The zero-order valence-corrected chi connectivity index (χ0v) is 74.4. The molecule has 128 heavy (non-hydrogen) atoms. The number of amides is 4. The molecule has 664 valence electrons. The van der Waals surface area contributed by atoms with Gasteiger partial charge < -0.3 is 26.4 Å². The number of nitrogens with one attached hydrogen (secondary N) is 4. The zero-order valence-electron chi connectivity index (χ0n) is 72.0. The number of aromatic nitrogens is 8. The summed E-state index contributed by atoms with van der Waals surface area (Å²) in [5, 5.41) is 21.8. The van der Waals surface area contributed by atoms with Crippen LogP contribution in [0, 0.1) is 52.8 Å². The predicted molar refractivity (Wildman–Crippen MR) is 499 cm³/mol. The lowest BCUT2D eigenvalue weighted by molar-refractivity contribution is -0.116. The first-order valence-electron chi connectivity index (χ1n) is 44.9. The molecule has 17 nitrogen and oxygen atoms in total. The number of phenols is 1. The smallest absolute Gasteiger partial charge is 0.229 e. The third kappa shape index (κ3) is 30.2. The molecular formula is C104H109BrClF5N12O5. The monoisotopic (exact) mass is 1810 g/mol. The lowest BCUT2D eigenvalue weighted by atomic mass is 9.86. The van der Waals surface area contributed by atoms with Crippen molar-refractivity contribution in [3.05, 3.63) is 303 Å². The molecule has 4 saturated carbocycles. The molecule has 24 heteroatoms. The van der Waals surface area contributed by atoms with Crippen molar-refractivity contribution in [2.24, 2.45) is 23.7 Å². The Morgan fingerprint density at radius 1 is 0.305 bits per heavy atom. The molecule has 0 atom stereocenters. The van der Waals surface area contributed by atoms with E-state index in [1.54, 1.807) is 122 Å². The molecule has 8 aromatic carbocycles. The maximum atomic E-state index is 13.3. The van der Waals surface area contributed by atoms with Gasteiger partial charge in [-0.1, -0.05) is 204 Å². The third-order valence-corrected chi connectivity index (χ3v) is 24.9. The molecule has 16 rings (SSSR count). The maximum absolute atomic E-state index is 13.3. The van der Waals surface area contributed by atoms with Crippen LogP contribution in [0.15, 0.2) is 223 Å². The fraction of sp³-hybridized carbons (Fsp3) is 0.346. The molecule has 0 saturated heterocycles. The van der Waals surface area contributed by atoms with Crippen molar-refractivity contribution in [3.63, 3.8) is 0 Å². The zero-order chi connectivity index (χ0) is 89.4. The summed E-state index contributed by atoms with van der Waals surface area (Å²) in [5.41, 5.74) is 12.3. The Morgan fingerprint density at radius 3 is 0.758 bits per heavy atom. The third-order valence-electron chi connectivity index (χ3n) is 24.2. The van der Waals surface area contributed by atoms with Crippen molar-refractivity contribution in [2.45, 2.75) is 205 Å². The van der Waals surface area contributed by atoms with E-state index in [1.807, 2.05) is 36.4 Å². The molecule has 4 aliphatic carbocycles. The van der Waals surface area contributed by atoms with Gasteiger partial charge in [0.15, 0.2) is 23.3 Å². The van der Waals surface area contributed by atoms with E-state index in [0.717, 1.165) is 123 Å². The van der Waals surface area contributed by atoms with Crippen LogP contribution in [-0.2, 0) is 70.5 Å². The highest BCUT2D eigenvalue weighted by Crippen LogP contribution is 2.35. The number of carbonyl (C=O) groups excluding carboxylic acids is 4. The van der Waals surface area contributed by atoms with Gasteiger partial charge in [-0.15, -0.1) is 0 Å². The van der Waals surface area contributed by atoms with Crippen molar-refractivity contribution in [3.8, 4) is 50.8 Å². The van der Waals surface area contributed by atoms with Gasteiger partial charge >= 0.3 is 0 Å². The van der Waals surface area contributed by atoms with Crippen LogP contribution in [0.1, 0.15) is 199 Å². The van der Waals surface area contributed by atoms with E-state index in [0.29, 0.717) is 74.7 Å². The quantitative estimate of drug-likeness (QED) is 0.0287. The Balaban J connectivity index is 0.000000146. The van der Waals surface area contributed by atoms with Crippen LogP contribution in [0.4, 0.5) is 45.2 Å². The number of hydrogen-bond acceptors (Lipinski definition) is 13. The normalized spacial score (nSPS) is 14.3. The average Bonchev–Trinajstić information content (AvgIpc) is 0.834. The topological polar surface area (TPSA) is 240 Å². The number of nitrogens with zero attached hydrogens (tertiary/aromatic N) is 8. The summed E-state index contributed by atoms with van der Waals surface area (Å²) in [7, 11) is 0. The molecule has 12 aromatic rings. The number of hydrogen-bond donors (Lipinski definition) is 5. The number of carbonyl (C=O) groups is 4. The Hall–Kier alpha value is -11.8. The largest absolute Gasteiger partial charge is 0.508 e. The number of anilines is 4. The Labute approximate surface area is 759 Å². The summed E-state index contributed by atoms with van der Waals surface area (Å²) >= 11 is 9.35. The van der Waals surface area contributed by atoms with Crippen LogP contribution in [0.25, 0.3) is 45.0 Å². The highest BCUT2D eigenvalue weighted by molar-refractivity contribution is 9.10. The number of rotatable bonds is 28. The van der Waals surface area contributed by atoms with Gasteiger partial charge in [-0.3, -0.25) is 19.2 Å². The van der Waals surface area contributed by atoms with E-state index in [2.05, 4.69) is 57.1 Å². The summed E-state index contributed by atoms with van der Waals surface area (Å²) in [6.07, 6.45) is 39.9. The summed E-state index contributed by atoms with van der Waals surface area (Å²) in [6.45, 7) is 0. The van der Waals surface area contributed by atoms with Crippen molar-refractivity contribution in [1.82, 2.24) is 39.9 Å². The lowest BCUT2D eigenvalue weighted by Crippen LogP contribution is -2.18. The molecule has 4 heterocycles. The number of aryl methyl sites for hydroxylation is 4. The van der Waals surface area contributed by atoms with Crippen LogP contribution in [0.5, 0.6) is 5.75 Å². The van der Waals surface area contributed by atoms with Crippen molar-refractivity contribution in [1.29, 1.82) is 0 Å². The second-order valence-corrected chi connectivity index (χ2v) is 35.2. The fourth-order valence-electron chi connectivity index (χ4n) is 17.0. The lowest BCUT2D eigenvalue weighted by Gasteiger charge is -2.21. The van der Waals surface area contributed by atoms with Gasteiger partial charge in [0.05, 0.1) is 96.0 Å². The van der Waals surface area contributed by atoms with Gasteiger partial charge in [0.25, 0.3) is 0 Å². The van der Waals surface area contributed by atoms with Gasteiger partial charge in [-0.25, -0.2) is 61.8 Å². The second-order valence-electron chi connectivity index (χ2n) is 33.8. The predicted octanol–water partition coefficient (Wildman–Crippen LogP) is 25.2. The van der Waals surface area contributed by atoms with Crippen molar-refractivity contribution in [2.75, 3.05) is 21.3 Å². The van der Waals surface area contributed by atoms with Crippen LogP contribution >= 0.6 is 27.5 Å². The molecule has 4 amide bonds. The van der Waals surface area contributed by atoms with E-state index >= 15 is 0 Å². The highest BCUT2D eigenvalue weighted by atomic mass is 79.9. The van der Waals surface area contributed by atoms with E-state index < -0.39 is 0 Å². The van der Waals surface area contributed by atoms with Crippen LogP contribution < -0.4 is 21.3 Å². The number of benzene rings is 8. The molecule has 0 spiro atoms. The number of phenolic OH excluding ortho intramolecular Hbond substituents is 1. The summed E-state index contributed by atoms with van der Waals surface area (Å²) in [6, 6.07) is 52.2. The molecule has 5 N–H and O–H groups in total. The van der Waals surface area contributed by atoms with Crippen LogP contribution in [-0.4, -0.2) is 68.6 Å². The van der Waals surface area contributed by atoms with E-state index in [4.69, 9.17) is 31.5 Å². The van der Waals surface area contributed by atoms with Crippen LogP contribution in [0.2, 0.25) is 5.02 Å². The van der Waals surface area contributed by atoms with E-state index in [1.165, 1.54) is 189 Å². The number of aromatic hydroxyl groups is 1. The Morgan fingerprint density at radius 2 is 0.516 bits per heavy atom. The Kier molecular flexibility index (Phi) is 35.5. The molecule has 4 fully saturated rings. The molecule has 0 aliphatic heterocycles. The minimum Gasteiger partial charge on any atom is -0.508 e. The first-order valence-corrected chi connectivity index (χ1v) is 46.1. The molecule has 4 aromatic heterocycles. The molecule has 0 bridgehead atoms. The average molecular weight is 1820 g/mol. The van der Waals surface area contributed by atoms with E-state index in [9.17, 15) is 46.2 Å². The van der Waals surface area contributed by atoms with Gasteiger partial charge in [-0.2, -0.15) is 0 Å². The maximum Gasteiger partial charge on any atom is 0.229 e. The first-order chi connectivity index (χ1) is 62.3. The first kappa shape index (κ1) is 93.8. The van der Waals surface area contributed by atoms with Crippen molar-refractivity contribution < 1.29 is 46.2 Å². The highest BCUT2D eigenvalue weighted by Gasteiger charge is 2.24. The molecule has 4 aliphatic rings. The van der Waals surface area contributed by atoms with Crippen molar-refractivity contribution >= 4 is 74.4 Å². The molecule has 0 unspecified atom stereocenters. The van der Waals surface area contributed by atoms with Gasteiger partial charge in [0, 0.05) is 31.7 Å². The molecular weight excluding hydrogens is 1710 g/mol. The molecule has 0 radical (unpaired) electrons. The summed E-state index contributed by atoms with van der Waals surface area (Å²) < 4.78 is 67.4. The standard InChI is InChI=1S/C26H27BrFN3O.C26H27ClFN3O.C26H27F2N3O.C26H28FN3O2/c3*27-21-11-6-19(7-12-21)16-25(32)31-26-23(15-8-18-4-2-1-3-5-18)30-24(17-29-26)20-9-13-22(28)14-10-20;27-21-11-9-20(10-12-21)24-17-28-26(23(29-24)15-8-18-4-2-1-3-5-18)30-25(32)16-19-6-13-22(31)14-7-19/h3*6-7,9-14,17-18H,1-5,8,15-16H2,(H,29,31,32);6-7,9-14,17-18,31H,1-5,8,15-16H2,(H,28,30,32). The minimum absolute atomic E-state index is 0.116. The van der Waals surface area contributed by atoms with Crippen LogP contribution in [0.3, 0.4) is 0 Å². The second kappa shape index (κ2) is 48.4. The van der Waals surface area contributed by atoms with Gasteiger partial charge in [0.2, 0.25) is 23.6 Å². The minimum atomic E-state index is -0.332. The SMILES string of the molecule is O=C(Cc1ccc(Br)cc1)Nc1ncc(-c2ccc(F)cc2)nc1CCC1CCCCC1.O=C(Cc1ccc(Cl)cc1)Nc1ncc(-c2ccc(F)cc2)nc1CCC1CCCCC1.O=C(Cc1ccc(F)cc1)Nc1ncc(-c2ccc(F)cc2)nc1CCC1CCCCC1.O=C(Cc1ccc(O)cc1)Nc1ncc(-c2ccc(F)cc2)nc1CCC1CCCCC1. The van der Waals surface area contributed by atoms with E-state index in [-0.39, 0.29) is 84.1 Å². The fourth-order valence-corrected chi connectivity index (χ4v) is 17.4. The Bertz CT molecular complexity index is 4880. The van der Waals surface area contributed by atoms with Gasteiger partial charge in [-0.05, 0) is 243 Å². The summed E-state index contributed by atoms with van der Waals surface area (Å²) in [4.78, 5) is 87.9. The number of halogens is 7. The summed E-state index contributed by atoms with van der Waals surface area (Å²) in [5.74, 6) is 2.72.